The molecule has 116 valence electrons. The Morgan fingerprint density at radius 2 is 1.81 bits per heavy atom. The molecular weight excluding hydrogens is 296 g/mol. The smallest absolute Gasteiger partial charge is 0.328 e. The van der Waals surface area contributed by atoms with Gasteiger partial charge in [0.15, 0.2) is 0 Å². The highest BCUT2D eigenvalue weighted by molar-refractivity contribution is 7.90. The molecule has 2 amide bonds. The molecule has 0 saturated carbocycles. The first-order valence-corrected chi connectivity index (χ1v) is 7.84. The fourth-order valence-electron chi connectivity index (χ4n) is 1.56. The molecule has 7 nitrogen and oxygen atoms in total. The molecule has 1 aromatic rings. The zero-order chi connectivity index (χ0) is 16.0. The summed E-state index contributed by atoms with van der Waals surface area (Å²) in [5.41, 5.74) is 0.894. The van der Waals surface area contributed by atoms with Crippen LogP contribution in [-0.2, 0) is 14.8 Å². The van der Waals surface area contributed by atoms with Gasteiger partial charge in [0.2, 0.25) is 0 Å². The highest BCUT2D eigenvalue weighted by Gasteiger charge is 2.20. The standard InChI is InChI=1S/C13H18N2O5S/c1-3-10(12(16)17)8-14-13(18)15-21(19,20)11-6-4-9(2)5-7-11/h4-7,10H,3,8H2,1-2H3,(H,16,17)(H2,14,15,18). The average molecular weight is 314 g/mol. The fraction of sp³-hybridized carbons (Fsp3) is 0.385. The number of hydrogen-bond donors (Lipinski definition) is 3. The van der Waals surface area contributed by atoms with Crippen molar-refractivity contribution < 1.29 is 23.1 Å². The van der Waals surface area contributed by atoms with E-state index >= 15 is 0 Å². The van der Waals surface area contributed by atoms with Crippen molar-refractivity contribution in [3.05, 3.63) is 29.8 Å². The lowest BCUT2D eigenvalue weighted by Crippen LogP contribution is -2.42. The molecule has 0 heterocycles. The van der Waals surface area contributed by atoms with Crippen molar-refractivity contribution in [1.29, 1.82) is 0 Å². The molecule has 0 saturated heterocycles. The van der Waals surface area contributed by atoms with Gasteiger partial charge in [0.25, 0.3) is 10.0 Å². The van der Waals surface area contributed by atoms with Crippen molar-refractivity contribution in [3.63, 3.8) is 0 Å². The summed E-state index contributed by atoms with van der Waals surface area (Å²) in [5.74, 6) is -1.79. The Morgan fingerprint density at radius 1 is 1.24 bits per heavy atom. The number of carbonyl (C=O) groups excluding carboxylic acids is 1. The monoisotopic (exact) mass is 314 g/mol. The summed E-state index contributed by atoms with van der Waals surface area (Å²) in [6, 6.07) is 5.05. The van der Waals surface area contributed by atoms with E-state index in [1.165, 1.54) is 12.1 Å². The second-order valence-electron chi connectivity index (χ2n) is 4.57. The Bertz CT molecular complexity index is 610. The number of aryl methyl sites for hydroxylation is 1. The maximum Gasteiger partial charge on any atom is 0.328 e. The summed E-state index contributed by atoms with van der Waals surface area (Å²) in [6.07, 6.45) is 0.334. The number of hydrogen-bond acceptors (Lipinski definition) is 4. The van der Waals surface area contributed by atoms with Gasteiger partial charge in [-0.1, -0.05) is 24.6 Å². The average Bonchev–Trinajstić information content (AvgIpc) is 2.38. The van der Waals surface area contributed by atoms with Gasteiger partial charge >= 0.3 is 12.0 Å². The molecule has 0 aromatic heterocycles. The number of urea groups is 1. The van der Waals surface area contributed by atoms with Crippen molar-refractivity contribution in [2.75, 3.05) is 6.54 Å². The molecular formula is C13H18N2O5S. The molecule has 0 bridgehead atoms. The van der Waals surface area contributed by atoms with Gasteiger partial charge in [-0.3, -0.25) is 4.79 Å². The molecule has 1 unspecified atom stereocenters. The van der Waals surface area contributed by atoms with E-state index in [0.29, 0.717) is 6.42 Å². The third kappa shape index (κ3) is 5.07. The minimum absolute atomic E-state index is 0.0338. The molecule has 1 atom stereocenters. The summed E-state index contributed by atoms with van der Waals surface area (Å²) < 4.78 is 25.7. The molecule has 0 aliphatic heterocycles. The van der Waals surface area contributed by atoms with Crippen LogP contribution in [-0.4, -0.2) is 32.1 Å². The number of carbonyl (C=O) groups is 2. The summed E-state index contributed by atoms with van der Waals surface area (Å²) in [6.45, 7) is 3.34. The van der Waals surface area contributed by atoms with Crippen molar-refractivity contribution >= 4 is 22.0 Å². The Kier molecular flexibility index (Phi) is 5.71. The van der Waals surface area contributed by atoms with Crippen LogP contribution in [0.4, 0.5) is 4.79 Å². The predicted octanol–water partition coefficient (Wildman–Crippen LogP) is 1.09. The lowest BCUT2D eigenvalue weighted by atomic mass is 10.1. The maximum absolute atomic E-state index is 11.9. The fourth-order valence-corrected chi connectivity index (χ4v) is 2.49. The molecule has 1 aromatic carbocycles. The first-order valence-electron chi connectivity index (χ1n) is 6.36. The highest BCUT2D eigenvalue weighted by Crippen LogP contribution is 2.09. The van der Waals surface area contributed by atoms with Gasteiger partial charge < -0.3 is 10.4 Å². The number of nitrogens with one attached hydrogen (secondary N) is 2. The lowest BCUT2D eigenvalue weighted by molar-refractivity contribution is -0.141. The summed E-state index contributed by atoms with van der Waals surface area (Å²) in [4.78, 5) is 22.3. The SMILES string of the molecule is CCC(CNC(=O)NS(=O)(=O)c1ccc(C)cc1)C(=O)O. The zero-order valence-corrected chi connectivity index (χ0v) is 12.6. The van der Waals surface area contributed by atoms with Gasteiger partial charge in [0.05, 0.1) is 10.8 Å². The quantitative estimate of drug-likeness (QED) is 0.727. The van der Waals surface area contributed by atoms with E-state index in [-0.39, 0.29) is 11.4 Å². The van der Waals surface area contributed by atoms with E-state index in [2.05, 4.69) is 5.32 Å². The van der Waals surface area contributed by atoms with Crippen LogP contribution in [0.3, 0.4) is 0 Å². The number of amides is 2. The Labute approximate surface area is 123 Å². The second kappa shape index (κ2) is 7.07. The third-order valence-electron chi connectivity index (χ3n) is 2.91. The Balaban J connectivity index is 2.65. The first kappa shape index (κ1) is 17.0. The topological polar surface area (TPSA) is 113 Å². The van der Waals surface area contributed by atoms with Crippen molar-refractivity contribution in [2.45, 2.75) is 25.2 Å². The van der Waals surface area contributed by atoms with Crippen LogP contribution in [0.1, 0.15) is 18.9 Å². The number of carboxylic acids is 1. The number of sulfonamides is 1. The molecule has 0 fully saturated rings. The van der Waals surface area contributed by atoms with Gasteiger partial charge in [-0.2, -0.15) is 0 Å². The van der Waals surface area contributed by atoms with Crippen molar-refractivity contribution in [1.82, 2.24) is 10.0 Å². The third-order valence-corrected chi connectivity index (χ3v) is 4.26. The van der Waals surface area contributed by atoms with E-state index in [1.54, 1.807) is 19.1 Å². The molecule has 0 radical (unpaired) electrons. The van der Waals surface area contributed by atoms with Crippen LogP contribution < -0.4 is 10.0 Å². The molecule has 8 heteroatoms. The normalized spacial score (nSPS) is 12.5. The van der Waals surface area contributed by atoms with Crippen molar-refractivity contribution in [3.8, 4) is 0 Å². The van der Waals surface area contributed by atoms with Crippen LogP contribution in [0.5, 0.6) is 0 Å². The van der Waals surface area contributed by atoms with E-state index in [9.17, 15) is 18.0 Å². The molecule has 0 aliphatic rings. The van der Waals surface area contributed by atoms with Crippen molar-refractivity contribution in [2.24, 2.45) is 5.92 Å². The minimum atomic E-state index is -3.96. The van der Waals surface area contributed by atoms with Gasteiger partial charge in [0, 0.05) is 6.54 Å². The summed E-state index contributed by atoms with van der Waals surface area (Å²) >= 11 is 0. The molecule has 21 heavy (non-hydrogen) atoms. The number of aliphatic carboxylic acids is 1. The van der Waals surface area contributed by atoms with Gasteiger partial charge in [-0.05, 0) is 25.5 Å². The maximum atomic E-state index is 11.9. The predicted molar refractivity (Wildman–Crippen MR) is 76.3 cm³/mol. The van der Waals surface area contributed by atoms with Gasteiger partial charge in [-0.15, -0.1) is 0 Å². The number of rotatable bonds is 6. The highest BCUT2D eigenvalue weighted by atomic mass is 32.2. The van der Waals surface area contributed by atoms with Crippen LogP contribution >= 0.6 is 0 Å². The summed E-state index contributed by atoms with van der Waals surface area (Å²) in [5, 5.41) is 11.1. The minimum Gasteiger partial charge on any atom is -0.481 e. The number of benzene rings is 1. The van der Waals surface area contributed by atoms with Crippen LogP contribution in [0.2, 0.25) is 0 Å². The Morgan fingerprint density at radius 3 is 2.29 bits per heavy atom. The van der Waals surface area contributed by atoms with Crippen LogP contribution in [0, 0.1) is 12.8 Å². The van der Waals surface area contributed by atoms with E-state index < -0.39 is 27.9 Å². The Hall–Kier alpha value is -2.09. The number of carboxylic acid groups (broad SMARTS) is 1. The molecule has 0 spiro atoms. The second-order valence-corrected chi connectivity index (χ2v) is 6.25. The largest absolute Gasteiger partial charge is 0.481 e. The van der Waals surface area contributed by atoms with Crippen LogP contribution in [0.15, 0.2) is 29.2 Å². The van der Waals surface area contributed by atoms with E-state index in [4.69, 9.17) is 5.11 Å². The molecule has 0 aliphatic carbocycles. The first-order chi connectivity index (χ1) is 9.76. The lowest BCUT2D eigenvalue weighted by Gasteiger charge is -2.12. The van der Waals surface area contributed by atoms with Gasteiger partial charge in [0.1, 0.15) is 0 Å². The zero-order valence-electron chi connectivity index (χ0n) is 11.8. The summed E-state index contributed by atoms with van der Waals surface area (Å²) in [7, 11) is -3.96. The van der Waals surface area contributed by atoms with E-state index in [0.717, 1.165) is 5.56 Å². The van der Waals surface area contributed by atoms with E-state index in [1.807, 2.05) is 11.6 Å². The van der Waals surface area contributed by atoms with Crippen LogP contribution in [0.25, 0.3) is 0 Å². The molecule has 1 rings (SSSR count). The molecule has 3 N–H and O–H groups in total. The van der Waals surface area contributed by atoms with Gasteiger partial charge in [-0.25, -0.2) is 17.9 Å².